The first-order valence-corrected chi connectivity index (χ1v) is 9.08. The Bertz CT molecular complexity index is 821. The number of hydrogen-bond donors (Lipinski definition) is 1. The van der Waals surface area contributed by atoms with Crippen molar-refractivity contribution in [3.63, 3.8) is 0 Å². The fraction of sp³-hybridized carbons (Fsp3) is 0.389. The molecule has 7 nitrogen and oxygen atoms in total. The number of amides is 2. The van der Waals surface area contributed by atoms with E-state index >= 15 is 0 Å². The summed E-state index contributed by atoms with van der Waals surface area (Å²) in [5.74, 6) is 0.262. The number of aromatic nitrogens is 1. The maximum Gasteiger partial charge on any atom is 0.342 e. The highest BCUT2D eigenvalue weighted by Gasteiger charge is 2.31. The van der Waals surface area contributed by atoms with Gasteiger partial charge in [0.25, 0.3) is 0 Å². The largest absolute Gasteiger partial charge is 0.497 e. The van der Waals surface area contributed by atoms with Gasteiger partial charge in [-0.3, -0.25) is 5.32 Å². The first-order valence-electron chi connectivity index (χ1n) is 8.31. The number of rotatable bonds is 4. The van der Waals surface area contributed by atoms with Crippen LogP contribution in [0.1, 0.15) is 40.5 Å². The minimum atomic E-state index is -0.502. The smallest absolute Gasteiger partial charge is 0.342 e. The van der Waals surface area contributed by atoms with Crippen molar-refractivity contribution in [2.45, 2.75) is 25.8 Å². The second kappa shape index (κ2) is 7.74. The van der Waals surface area contributed by atoms with E-state index in [0.717, 1.165) is 35.7 Å². The Morgan fingerprint density at radius 1 is 1.35 bits per heavy atom. The number of hydrogen-bond acceptors (Lipinski definition) is 6. The number of benzene rings is 1. The van der Waals surface area contributed by atoms with E-state index in [-0.39, 0.29) is 12.1 Å². The van der Waals surface area contributed by atoms with Gasteiger partial charge in [0.05, 0.1) is 26.0 Å². The molecule has 1 N–H and O–H groups in total. The number of likely N-dealkylation sites (tertiary alicyclic amines) is 1. The predicted octanol–water partition coefficient (Wildman–Crippen LogP) is 3.62. The predicted molar refractivity (Wildman–Crippen MR) is 98.9 cm³/mol. The zero-order valence-corrected chi connectivity index (χ0v) is 15.8. The van der Waals surface area contributed by atoms with Crippen molar-refractivity contribution in [2.75, 3.05) is 26.1 Å². The Balaban J connectivity index is 1.80. The Labute approximate surface area is 156 Å². The molecule has 0 aliphatic carbocycles. The molecule has 2 amide bonds. The molecule has 8 heteroatoms. The Hall–Kier alpha value is -2.61. The molecule has 0 bridgehead atoms. The highest BCUT2D eigenvalue weighted by atomic mass is 32.1. The van der Waals surface area contributed by atoms with Gasteiger partial charge in [-0.1, -0.05) is 12.1 Å². The van der Waals surface area contributed by atoms with Crippen molar-refractivity contribution in [3.8, 4) is 5.75 Å². The van der Waals surface area contributed by atoms with E-state index in [1.165, 1.54) is 7.11 Å². The molecular weight excluding hydrogens is 354 g/mol. The number of carbonyl (C=O) groups is 2. The summed E-state index contributed by atoms with van der Waals surface area (Å²) in [6, 6.07) is 7.48. The molecule has 1 saturated heterocycles. The number of carbonyl (C=O) groups excluding carboxylic acids is 2. The fourth-order valence-corrected chi connectivity index (χ4v) is 3.95. The van der Waals surface area contributed by atoms with Gasteiger partial charge in [0, 0.05) is 6.54 Å². The summed E-state index contributed by atoms with van der Waals surface area (Å²) in [4.78, 5) is 26.6. The standard InChI is InChI=1S/C18H21N3O4S/c1-11-15(17(22)25-3)16(26-20-11)19-18(23)21-9-5-8-14(21)12-6-4-7-13(10-12)24-2/h4,6-7,10,14H,5,8-9H2,1-3H3,(H,19,23)/t14-/m0/s1. The van der Waals surface area contributed by atoms with E-state index in [0.29, 0.717) is 22.8 Å². The van der Waals surface area contributed by atoms with Crippen molar-refractivity contribution in [1.82, 2.24) is 9.27 Å². The summed E-state index contributed by atoms with van der Waals surface area (Å²) in [7, 11) is 2.93. The number of nitrogens with one attached hydrogen (secondary N) is 1. The van der Waals surface area contributed by atoms with Crippen LogP contribution in [0.2, 0.25) is 0 Å². The molecule has 1 aliphatic rings. The highest BCUT2D eigenvalue weighted by Crippen LogP contribution is 2.34. The van der Waals surface area contributed by atoms with E-state index in [4.69, 9.17) is 9.47 Å². The molecule has 3 rings (SSSR count). The molecule has 0 spiro atoms. The molecule has 1 aliphatic heterocycles. The number of ether oxygens (including phenoxy) is 2. The third kappa shape index (κ3) is 3.50. The van der Waals surface area contributed by atoms with Crippen LogP contribution in [0.5, 0.6) is 5.75 Å². The van der Waals surface area contributed by atoms with Gasteiger partial charge in [-0.15, -0.1) is 0 Å². The average Bonchev–Trinajstić information content (AvgIpc) is 3.28. The van der Waals surface area contributed by atoms with Crippen LogP contribution in [0.3, 0.4) is 0 Å². The summed E-state index contributed by atoms with van der Waals surface area (Å²) in [5.41, 5.74) is 1.89. The molecule has 138 valence electrons. The van der Waals surface area contributed by atoms with Crippen LogP contribution in [0.15, 0.2) is 24.3 Å². The van der Waals surface area contributed by atoms with Gasteiger partial charge < -0.3 is 14.4 Å². The molecule has 26 heavy (non-hydrogen) atoms. The van der Waals surface area contributed by atoms with Gasteiger partial charge >= 0.3 is 12.0 Å². The van der Waals surface area contributed by atoms with Gasteiger partial charge in [0.2, 0.25) is 0 Å². The molecule has 0 radical (unpaired) electrons. The van der Waals surface area contributed by atoms with Gasteiger partial charge in [-0.05, 0) is 49.0 Å². The third-order valence-electron chi connectivity index (χ3n) is 4.46. The van der Waals surface area contributed by atoms with Gasteiger partial charge in [0.1, 0.15) is 16.3 Å². The first kappa shape index (κ1) is 18.2. The molecule has 1 atom stereocenters. The van der Waals surface area contributed by atoms with Crippen LogP contribution in [-0.4, -0.2) is 42.0 Å². The van der Waals surface area contributed by atoms with E-state index in [9.17, 15) is 9.59 Å². The van der Waals surface area contributed by atoms with Crippen LogP contribution in [0.25, 0.3) is 0 Å². The first-order chi connectivity index (χ1) is 12.5. The number of methoxy groups -OCH3 is 2. The van der Waals surface area contributed by atoms with Crippen LogP contribution < -0.4 is 10.1 Å². The molecular formula is C18H21N3O4S. The van der Waals surface area contributed by atoms with Crippen molar-refractivity contribution < 1.29 is 19.1 Å². The summed E-state index contributed by atoms with van der Waals surface area (Å²) in [6.45, 7) is 2.37. The number of nitrogens with zero attached hydrogens (tertiary/aromatic N) is 2. The molecule has 2 heterocycles. The van der Waals surface area contributed by atoms with Crippen molar-refractivity contribution in [2.24, 2.45) is 0 Å². The molecule has 0 unspecified atom stereocenters. The Morgan fingerprint density at radius 2 is 2.15 bits per heavy atom. The minimum Gasteiger partial charge on any atom is -0.497 e. The summed E-state index contributed by atoms with van der Waals surface area (Å²) >= 11 is 1.08. The quantitative estimate of drug-likeness (QED) is 0.826. The molecule has 1 aromatic carbocycles. The number of anilines is 1. The van der Waals surface area contributed by atoms with Crippen LogP contribution >= 0.6 is 11.5 Å². The molecule has 1 aromatic heterocycles. The molecule has 0 saturated carbocycles. The zero-order chi connectivity index (χ0) is 18.7. The fourth-order valence-electron chi connectivity index (χ4n) is 3.17. The lowest BCUT2D eigenvalue weighted by molar-refractivity contribution is 0.0601. The third-order valence-corrected chi connectivity index (χ3v) is 5.32. The minimum absolute atomic E-state index is 0.0271. The molecule has 1 fully saturated rings. The highest BCUT2D eigenvalue weighted by molar-refractivity contribution is 7.11. The van der Waals surface area contributed by atoms with E-state index in [1.54, 1.807) is 18.9 Å². The summed E-state index contributed by atoms with van der Waals surface area (Å²) < 4.78 is 14.2. The van der Waals surface area contributed by atoms with Crippen LogP contribution in [0, 0.1) is 6.92 Å². The zero-order valence-electron chi connectivity index (χ0n) is 14.9. The maximum absolute atomic E-state index is 12.8. The second-order valence-electron chi connectivity index (χ2n) is 6.02. The van der Waals surface area contributed by atoms with Gasteiger partial charge in [-0.25, -0.2) is 9.59 Å². The lowest BCUT2D eigenvalue weighted by Gasteiger charge is -2.25. The second-order valence-corrected chi connectivity index (χ2v) is 6.80. The number of aryl methyl sites for hydroxylation is 1. The van der Waals surface area contributed by atoms with E-state index in [1.807, 2.05) is 24.3 Å². The lowest BCUT2D eigenvalue weighted by Crippen LogP contribution is -2.34. The van der Waals surface area contributed by atoms with Crippen molar-refractivity contribution in [1.29, 1.82) is 0 Å². The topological polar surface area (TPSA) is 80.8 Å². The average molecular weight is 375 g/mol. The van der Waals surface area contributed by atoms with Gasteiger partial charge in [-0.2, -0.15) is 4.37 Å². The maximum atomic E-state index is 12.8. The van der Waals surface area contributed by atoms with Crippen LogP contribution in [-0.2, 0) is 4.74 Å². The van der Waals surface area contributed by atoms with E-state index < -0.39 is 5.97 Å². The number of esters is 1. The summed E-state index contributed by atoms with van der Waals surface area (Å²) in [6.07, 6.45) is 1.80. The normalized spacial score (nSPS) is 16.4. The summed E-state index contributed by atoms with van der Waals surface area (Å²) in [5, 5.41) is 3.24. The van der Waals surface area contributed by atoms with Crippen molar-refractivity contribution >= 4 is 28.5 Å². The number of urea groups is 1. The Morgan fingerprint density at radius 3 is 2.88 bits per heavy atom. The monoisotopic (exact) mass is 375 g/mol. The van der Waals surface area contributed by atoms with Gasteiger partial charge in [0.15, 0.2) is 0 Å². The van der Waals surface area contributed by atoms with Crippen molar-refractivity contribution in [3.05, 3.63) is 41.1 Å². The lowest BCUT2D eigenvalue weighted by atomic mass is 10.0. The SMILES string of the molecule is COC(=O)c1c(C)nsc1NC(=O)N1CCC[C@H]1c1cccc(OC)c1. The van der Waals surface area contributed by atoms with E-state index in [2.05, 4.69) is 9.69 Å². The van der Waals surface area contributed by atoms with Crippen LogP contribution in [0.4, 0.5) is 9.80 Å². The Kier molecular flexibility index (Phi) is 5.41. The molecule has 2 aromatic rings.